The van der Waals surface area contributed by atoms with E-state index in [0.29, 0.717) is 11.4 Å². The van der Waals surface area contributed by atoms with E-state index in [2.05, 4.69) is 25.4 Å². The number of alkyl halides is 2. The van der Waals surface area contributed by atoms with Gasteiger partial charge in [-0.15, -0.1) is 8.78 Å². The van der Waals surface area contributed by atoms with Crippen LogP contribution in [0.2, 0.25) is 0 Å². The van der Waals surface area contributed by atoms with Gasteiger partial charge in [0, 0.05) is 17.4 Å². The van der Waals surface area contributed by atoms with Crippen molar-refractivity contribution in [3.05, 3.63) is 48.3 Å². The zero-order valence-corrected chi connectivity index (χ0v) is 13.7. The molecule has 2 aromatic rings. The summed E-state index contributed by atoms with van der Waals surface area (Å²) in [5.41, 5.74) is 0.756. The summed E-state index contributed by atoms with van der Waals surface area (Å²) < 4.78 is 47.3. The molecule has 0 saturated heterocycles. The molecule has 1 aliphatic rings. The van der Waals surface area contributed by atoms with Crippen LogP contribution < -0.4 is 25.4 Å². The lowest BCUT2D eigenvalue weighted by molar-refractivity contribution is -0.286. The minimum Gasteiger partial charge on any atom is -0.395 e. The number of nitrogens with one attached hydrogen (secondary N) is 3. The first kappa shape index (κ1) is 18.4. The Kier molecular flexibility index (Phi) is 5.06. The van der Waals surface area contributed by atoms with Gasteiger partial charge in [-0.25, -0.2) is 4.39 Å². The first-order valence-corrected chi connectivity index (χ1v) is 7.77. The molecule has 0 bridgehead atoms. The van der Waals surface area contributed by atoms with Gasteiger partial charge in [0.15, 0.2) is 11.5 Å². The van der Waals surface area contributed by atoms with E-state index in [-0.39, 0.29) is 24.6 Å². The largest absolute Gasteiger partial charge is 0.586 e. The Hall–Kier alpha value is -3.43. The Morgan fingerprint density at radius 3 is 2.30 bits per heavy atom. The lowest BCUT2D eigenvalue weighted by Gasteiger charge is -2.09. The number of halogens is 3. The highest BCUT2D eigenvalue weighted by Gasteiger charge is 2.43. The first-order valence-electron chi connectivity index (χ1n) is 7.77. The fourth-order valence-electron chi connectivity index (χ4n) is 2.22. The maximum atomic E-state index is 12.9. The molecule has 0 fully saturated rings. The summed E-state index contributed by atoms with van der Waals surface area (Å²) in [5, 5.41) is 7.59. The van der Waals surface area contributed by atoms with E-state index in [4.69, 9.17) is 0 Å². The van der Waals surface area contributed by atoms with Crippen molar-refractivity contribution in [3.8, 4) is 11.5 Å². The summed E-state index contributed by atoms with van der Waals surface area (Å²) in [6.07, 6.45) is -3.71. The third kappa shape index (κ3) is 5.03. The molecule has 0 saturated carbocycles. The summed E-state index contributed by atoms with van der Waals surface area (Å²) in [6, 6.07) is 9.16. The SMILES string of the molecule is O=C(CNc1ccc2c(c1)OC(F)(F)O2)NCC(=O)Nc1ccc(F)cc1. The number of benzene rings is 2. The van der Waals surface area contributed by atoms with Crippen LogP contribution in [0.15, 0.2) is 42.5 Å². The van der Waals surface area contributed by atoms with Crippen molar-refractivity contribution >= 4 is 23.2 Å². The van der Waals surface area contributed by atoms with Gasteiger partial charge in [0.05, 0.1) is 13.1 Å². The topological polar surface area (TPSA) is 88.7 Å². The van der Waals surface area contributed by atoms with Crippen LogP contribution in [-0.4, -0.2) is 31.2 Å². The molecule has 0 spiro atoms. The van der Waals surface area contributed by atoms with E-state index < -0.39 is 23.9 Å². The number of anilines is 2. The number of carbonyl (C=O) groups is 2. The molecule has 3 rings (SSSR count). The monoisotopic (exact) mass is 381 g/mol. The fourth-order valence-corrected chi connectivity index (χ4v) is 2.22. The van der Waals surface area contributed by atoms with E-state index in [1.54, 1.807) is 0 Å². The molecule has 0 radical (unpaired) electrons. The van der Waals surface area contributed by atoms with Gasteiger partial charge in [0.25, 0.3) is 0 Å². The van der Waals surface area contributed by atoms with Crippen LogP contribution in [0.5, 0.6) is 11.5 Å². The van der Waals surface area contributed by atoms with Gasteiger partial charge in [-0.2, -0.15) is 0 Å². The van der Waals surface area contributed by atoms with Crippen LogP contribution >= 0.6 is 0 Å². The van der Waals surface area contributed by atoms with E-state index in [9.17, 15) is 22.8 Å². The highest BCUT2D eigenvalue weighted by atomic mass is 19.3. The number of amides is 2. The van der Waals surface area contributed by atoms with Crippen LogP contribution in [0.1, 0.15) is 0 Å². The Balaban J connectivity index is 1.42. The maximum absolute atomic E-state index is 12.9. The fraction of sp³-hybridized carbons (Fsp3) is 0.176. The van der Waals surface area contributed by atoms with E-state index in [1.807, 2.05) is 0 Å². The lowest BCUT2D eigenvalue weighted by Crippen LogP contribution is -2.36. The smallest absolute Gasteiger partial charge is 0.395 e. The van der Waals surface area contributed by atoms with E-state index in [1.165, 1.54) is 42.5 Å². The summed E-state index contributed by atoms with van der Waals surface area (Å²) in [6.45, 7) is -0.481. The first-order chi connectivity index (χ1) is 12.8. The Labute approximate surface area is 151 Å². The normalized spacial score (nSPS) is 13.7. The second-order valence-electron chi connectivity index (χ2n) is 5.51. The number of hydrogen-bond acceptors (Lipinski definition) is 5. The molecule has 1 aliphatic heterocycles. The van der Waals surface area contributed by atoms with Crippen LogP contribution in [0.4, 0.5) is 24.5 Å². The van der Waals surface area contributed by atoms with Crippen molar-refractivity contribution in [2.24, 2.45) is 0 Å². The second kappa shape index (κ2) is 7.44. The summed E-state index contributed by atoms with van der Waals surface area (Å²) >= 11 is 0. The van der Waals surface area contributed by atoms with Crippen LogP contribution in [0, 0.1) is 5.82 Å². The summed E-state index contributed by atoms with van der Waals surface area (Å²) in [5.74, 6) is -1.66. The van der Waals surface area contributed by atoms with Gasteiger partial charge in [0.2, 0.25) is 11.8 Å². The molecular weight excluding hydrogens is 367 g/mol. The third-order valence-electron chi connectivity index (χ3n) is 3.43. The van der Waals surface area contributed by atoms with Crippen LogP contribution in [-0.2, 0) is 9.59 Å². The zero-order valence-electron chi connectivity index (χ0n) is 13.7. The van der Waals surface area contributed by atoms with Crippen LogP contribution in [0.25, 0.3) is 0 Å². The minimum absolute atomic E-state index is 0.104. The highest BCUT2D eigenvalue weighted by Crippen LogP contribution is 2.42. The standard InChI is InChI=1S/C17H14F3N3O4/c18-10-1-3-11(4-2-10)23-16(25)9-22-15(24)8-21-12-5-6-13-14(7-12)27-17(19,20)26-13/h1-7,21H,8-9H2,(H,22,24)(H,23,25). The molecule has 3 N–H and O–H groups in total. The molecule has 142 valence electrons. The number of hydrogen-bond donors (Lipinski definition) is 3. The van der Waals surface area contributed by atoms with E-state index >= 15 is 0 Å². The molecule has 2 aromatic carbocycles. The minimum atomic E-state index is -3.71. The van der Waals surface area contributed by atoms with Gasteiger partial charge in [-0.3, -0.25) is 9.59 Å². The second-order valence-corrected chi connectivity index (χ2v) is 5.51. The van der Waals surface area contributed by atoms with Crippen molar-refractivity contribution in [3.63, 3.8) is 0 Å². The number of ether oxygens (including phenoxy) is 2. The van der Waals surface area contributed by atoms with Crippen molar-refractivity contribution in [1.82, 2.24) is 5.32 Å². The van der Waals surface area contributed by atoms with E-state index in [0.717, 1.165) is 0 Å². The molecule has 0 aliphatic carbocycles. The molecule has 0 atom stereocenters. The number of carbonyl (C=O) groups excluding carboxylic acids is 2. The molecule has 7 nitrogen and oxygen atoms in total. The quantitative estimate of drug-likeness (QED) is 0.715. The predicted octanol–water partition coefficient (Wildman–Crippen LogP) is 2.31. The number of fused-ring (bicyclic) bond motifs is 1. The zero-order chi connectivity index (χ0) is 19.4. The third-order valence-corrected chi connectivity index (χ3v) is 3.43. The molecule has 10 heteroatoms. The van der Waals surface area contributed by atoms with Gasteiger partial charge in [-0.1, -0.05) is 0 Å². The Morgan fingerprint density at radius 1 is 0.889 bits per heavy atom. The van der Waals surface area contributed by atoms with Gasteiger partial charge >= 0.3 is 6.29 Å². The maximum Gasteiger partial charge on any atom is 0.586 e. The molecular formula is C17H14F3N3O4. The van der Waals surface area contributed by atoms with Crippen molar-refractivity contribution in [1.29, 1.82) is 0 Å². The van der Waals surface area contributed by atoms with Gasteiger partial charge in [-0.05, 0) is 36.4 Å². The Bertz CT molecular complexity index is 859. The highest BCUT2D eigenvalue weighted by molar-refractivity contribution is 5.95. The van der Waals surface area contributed by atoms with Gasteiger partial charge in [0.1, 0.15) is 5.82 Å². The van der Waals surface area contributed by atoms with Crippen molar-refractivity contribution in [2.75, 3.05) is 23.7 Å². The molecule has 2 amide bonds. The predicted molar refractivity (Wildman–Crippen MR) is 89.2 cm³/mol. The summed E-state index contributed by atoms with van der Waals surface area (Å²) in [7, 11) is 0. The lowest BCUT2D eigenvalue weighted by atomic mass is 10.3. The Morgan fingerprint density at radius 2 is 1.56 bits per heavy atom. The van der Waals surface area contributed by atoms with Crippen molar-refractivity contribution in [2.45, 2.75) is 6.29 Å². The van der Waals surface area contributed by atoms with Crippen molar-refractivity contribution < 1.29 is 32.2 Å². The summed E-state index contributed by atoms with van der Waals surface area (Å²) in [4.78, 5) is 23.5. The molecule has 1 heterocycles. The molecule has 0 aromatic heterocycles. The molecule has 0 unspecified atom stereocenters. The van der Waals surface area contributed by atoms with Crippen LogP contribution in [0.3, 0.4) is 0 Å². The molecule has 27 heavy (non-hydrogen) atoms. The average molecular weight is 381 g/mol. The average Bonchev–Trinajstić information content (AvgIpc) is 2.93. The number of rotatable bonds is 6. The van der Waals surface area contributed by atoms with Gasteiger partial charge < -0.3 is 25.4 Å².